The van der Waals surface area contributed by atoms with Gasteiger partial charge in [-0.15, -0.1) is 0 Å². The van der Waals surface area contributed by atoms with Crippen LogP contribution in [0.4, 0.5) is 10.1 Å². The average molecular weight is 372 g/mol. The summed E-state index contributed by atoms with van der Waals surface area (Å²) in [6.07, 6.45) is -0.195. The monoisotopic (exact) mass is 372 g/mol. The zero-order valence-corrected chi connectivity index (χ0v) is 15.7. The third-order valence-electron chi connectivity index (χ3n) is 4.77. The molecule has 0 bridgehead atoms. The van der Waals surface area contributed by atoms with Crippen molar-refractivity contribution in [2.24, 2.45) is 0 Å². The van der Waals surface area contributed by atoms with Crippen molar-refractivity contribution in [3.8, 4) is 11.5 Å². The van der Waals surface area contributed by atoms with Gasteiger partial charge in [0.15, 0.2) is 17.7 Å². The summed E-state index contributed by atoms with van der Waals surface area (Å²) in [5.41, 5.74) is 1.03. The molecule has 0 radical (unpaired) electrons. The van der Waals surface area contributed by atoms with Crippen molar-refractivity contribution in [1.82, 2.24) is 4.90 Å². The predicted octanol–water partition coefficient (Wildman–Crippen LogP) is 3.34. The molecule has 1 atom stereocenters. The molecule has 3 rings (SSSR count). The van der Waals surface area contributed by atoms with Crippen LogP contribution in [0.3, 0.4) is 0 Å². The topological polar surface area (TPSA) is 42.0 Å². The van der Waals surface area contributed by atoms with E-state index in [0.717, 1.165) is 11.4 Å². The van der Waals surface area contributed by atoms with Gasteiger partial charge in [0.05, 0.1) is 12.8 Å². The van der Waals surface area contributed by atoms with Crippen LogP contribution < -0.4 is 14.4 Å². The number of hydrogen-bond acceptors (Lipinski definition) is 4. The maximum atomic E-state index is 13.8. The van der Waals surface area contributed by atoms with Gasteiger partial charge in [-0.3, -0.25) is 4.79 Å². The molecule has 1 heterocycles. The number of carbonyl (C=O) groups is 1. The molecule has 6 heteroatoms. The molecule has 1 fully saturated rings. The first-order valence-electron chi connectivity index (χ1n) is 9.22. The summed E-state index contributed by atoms with van der Waals surface area (Å²) < 4.78 is 24.9. The molecule has 1 saturated heterocycles. The van der Waals surface area contributed by atoms with Gasteiger partial charge in [-0.2, -0.15) is 0 Å². The van der Waals surface area contributed by atoms with Crippen molar-refractivity contribution in [3.05, 3.63) is 54.3 Å². The van der Waals surface area contributed by atoms with E-state index in [1.807, 2.05) is 31.2 Å². The van der Waals surface area contributed by atoms with Crippen LogP contribution in [0.5, 0.6) is 11.5 Å². The Hall–Kier alpha value is -2.76. The smallest absolute Gasteiger partial charge is 0.263 e. The maximum Gasteiger partial charge on any atom is 0.263 e. The zero-order chi connectivity index (χ0) is 19.2. The van der Waals surface area contributed by atoms with E-state index in [9.17, 15) is 9.18 Å². The van der Waals surface area contributed by atoms with Crippen LogP contribution in [0, 0.1) is 5.82 Å². The van der Waals surface area contributed by atoms with E-state index in [0.29, 0.717) is 32.6 Å². The highest BCUT2D eigenvalue weighted by Crippen LogP contribution is 2.28. The molecule has 0 aliphatic carbocycles. The lowest BCUT2D eigenvalue weighted by Gasteiger charge is -2.37. The molecule has 1 aliphatic heterocycles. The minimum atomic E-state index is -0.681. The van der Waals surface area contributed by atoms with Gasteiger partial charge in [0, 0.05) is 26.2 Å². The Labute approximate surface area is 159 Å². The fraction of sp³-hybridized carbons (Fsp3) is 0.381. The summed E-state index contributed by atoms with van der Waals surface area (Å²) in [5, 5.41) is 0. The minimum absolute atomic E-state index is 0.0968. The molecule has 0 saturated carbocycles. The molecule has 2 aromatic carbocycles. The molecule has 5 nitrogen and oxygen atoms in total. The molecule has 1 amide bonds. The third-order valence-corrected chi connectivity index (χ3v) is 4.77. The summed E-state index contributed by atoms with van der Waals surface area (Å²) in [7, 11) is 1.66. The van der Waals surface area contributed by atoms with Crippen LogP contribution >= 0.6 is 0 Å². The van der Waals surface area contributed by atoms with Crippen molar-refractivity contribution >= 4 is 11.6 Å². The normalized spacial score (nSPS) is 15.4. The lowest BCUT2D eigenvalue weighted by atomic mass is 10.2. The second-order valence-corrected chi connectivity index (χ2v) is 6.43. The number of hydrogen-bond donors (Lipinski definition) is 0. The minimum Gasteiger partial charge on any atom is -0.495 e. The molecule has 1 unspecified atom stereocenters. The highest BCUT2D eigenvalue weighted by Gasteiger charge is 2.29. The number of carbonyl (C=O) groups excluding carboxylic acids is 1. The van der Waals surface area contributed by atoms with Crippen LogP contribution in [0.1, 0.15) is 13.3 Å². The molecule has 0 aromatic heterocycles. The number of piperazine rings is 1. The van der Waals surface area contributed by atoms with Gasteiger partial charge in [-0.25, -0.2) is 4.39 Å². The van der Waals surface area contributed by atoms with Crippen molar-refractivity contribution < 1.29 is 18.7 Å². The number of benzene rings is 2. The highest BCUT2D eigenvalue weighted by atomic mass is 19.1. The zero-order valence-electron chi connectivity index (χ0n) is 15.7. The Morgan fingerprint density at radius 2 is 1.67 bits per heavy atom. The van der Waals surface area contributed by atoms with Crippen molar-refractivity contribution in [1.29, 1.82) is 0 Å². The largest absolute Gasteiger partial charge is 0.495 e. The Balaban J connectivity index is 1.62. The second-order valence-electron chi connectivity index (χ2n) is 6.43. The number of ether oxygens (including phenoxy) is 2. The Bertz CT molecular complexity index is 776. The molecule has 144 valence electrons. The summed E-state index contributed by atoms with van der Waals surface area (Å²) in [6.45, 7) is 4.47. The van der Waals surface area contributed by atoms with Gasteiger partial charge < -0.3 is 19.3 Å². The van der Waals surface area contributed by atoms with Crippen molar-refractivity contribution in [2.75, 3.05) is 38.2 Å². The Morgan fingerprint density at radius 1 is 1.04 bits per heavy atom. The lowest BCUT2D eigenvalue weighted by molar-refractivity contribution is -0.139. The molecule has 1 aliphatic rings. The van der Waals surface area contributed by atoms with Gasteiger partial charge >= 0.3 is 0 Å². The average Bonchev–Trinajstić information content (AvgIpc) is 2.73. The molecule has 2 aromatic rings. The van der Waals surface area contributed by atoms with Gasteiger partial charge in [0.25, 0.3) is 5.91 Å². The maximum absolute atomic E-state index is 13.8. The van der Waals surface area contributed by atoms with Gasteiger partial charge in [-0.05, 0) is 30.7 Å². The van der Waals surface area contributed by atoms with E-state index in [4.69, 9.17) is 9.47 Å². The van der Waals surface area contributed by atoms with E-state index < -0.39 is 11.9 Å². The van der Waals surface area contributed by atoms with E-state index in [2.05, 4.69) is 4.90 Å². The number of amides is 1. The first-order chi connectivity index (χ1) is 13.1. The molecular weight excluding hydrogens is 347 g/mol. The number of rotatable bonds is 6. The Kier molecular flexibility index (Phi) is 6.16. The SMILES string of the molecule is CCC(Oc1ccccc1F)C(=O)N1CCN(c2ccccc2OC)CC1. The number of anilines is 1. The summed E-state index contributed by atoms with van der Waals surface area (Å²) in [6, 6.07) is 14.0. The van der Waals surface area contributed by atoms with E-state index in [1.165, 1.54) is 6.07 Å². The first-order valence-corrected chi connectivity index (χ1v) is 9.22. The molecular formula is C21H25FN2O3. The van der Waals surface area contributed by atoms with Crippen molar-refractivity contribution in [3.63, 3.8) is 0 Å². The van der Waals surface area contributed by atoms with Gasteiger partial charge in [-0.1, -0.05) is 31.2 Å². The number of halogens is 1. The molecule has 0 N–H and O–H groups in total. The van der Waals surface area contributed by atoms with E-state index in [-0.39, 0.29) is 11.7 Å². The van der Waals surface area contributed by atoms with Crippen LogP contribution in [0.15, 0.2) is 48.5 Å². The second kappa shape index (κ2) is 8.75. The summed E-state index contributed by atoms with van der Waals surface area (Å²) >= 11 is 0. The van der Waals surface area contributed by atoms with Crippen LogP contribution in [-0.4, -0.2) is 50.2 Å². The first kappa shape index (κ1) is 19.0. The standard InChI is InChI=1S/C21H25FN2O3/c1-3-18(27-19-10-6-4-8-16(19)22)21(25)24-14-12-23(13-15-24)17-9-5-7-11-20(17)26-2/h4-11,18H,3,12-15H2,1-2H3. The van der Waals surface area contributed by atoms with Gasteiger partial charge in [0.1, 0.15) is 5.75 Å². The fourth-order valence-corrected chi connectivity index (χ4v) is 3.26. The van der Waals surface area contributed by atoms with Crippen LogP contribution in [0.25, 0.3) is 0 Å². The van der Waals surface area contributed by atoms with Crippen molar-refractivity contribution in [2.45, 2.75) is 19.4 Å². The molecule has 27 heavy (non-hydrogen) atoms. The van der Waals surface area contributed by atoms with E-state index >= 15 is 0 Å². The highest BCUT2D eigenvalue weighted by molar-refractivity contribution is 5.81. The lowest BCUT2D eigenvalue weighted by Crippen LogP contribution is -2.52. The summed E-state index contributed by atoms with van der Waals surface area (Å²) in [4.78, 5) is 16.8. The number of para-hydroxylation sites is 3. The van der Waals surface area contributed by atoms with E-state index in [1.54, 1.807) is 30.2 Å². The fourth-order valence-electron chi connectivity index (χ4n) is 3.26. The molecule has 0 spiro atoms. The number of nitrogens with zero attached hydrogens (tertiary/aromatic N) is 2. The predicted molar refractivity (Wildman–Crippen MR) is 103 cm³/mol. The van der Waals surface area contributed by atoms with Crippen LogP contribution in [0.2, 0.25) is 0 Å². The van der Waals surface area contributed by atoms with Gasteiger partial charge in [0.2, 0.25) is 0 Å². The van der Waals surface area contributed by atoms with Crippen LogP contribution in [-0.2, 0) is 4.79 Å². The Morgan fingerprint density at radius 3 is 2.30 bits per heavy atom. The quantitative estimate of drug-likeness (QED) is 0.780. The number of methoxy groups -OCH3 is 1. The summed E-state index contributed by atoms with van der Waals surface area (Å²) in [5.74, 6) is 0.391. The third kappa shape index (κ3) is 4.32.